The summed E-state index contributed by atoms with van der Waals surface area (Å²) < 4.78 is 11.0. The first-order valence-corrected chi connectivity index (χ1v) is 11.3. The van der Waals surface area contributed by atoms with Crippen LogP contribution in [-0.2, 0) is 17.8 Å². The van der Waals surface area contributed by atoms with Gasteiger partial charge < -0.3 is 24.3 Å². The van der Waals surface area contributed by atoms with E-state index in [0.29, 0.717) is 38.5 Å². The summed E-state index contributed by atoms with van der Waals surface area (Å²) in [6.07, 6.45) is 0.269. The Morgan fingerprint density at radius 1 is 1.03 bits per heavy atom. The van der Waals surface area contributed by atoms with Crippen molar-refractivity contribution < 1.29 is 18.7 Å². The summed E-state index contributed by atoms with van der Waals surface area (Å²) >= 11 is 0. The van der Waals surface area contributed by atoms with Crippen molar-refractivity contribution in [3.05, 3.63) is 59.0 Å². The lowest BCUT2D eigenvalue weighted by Gasteiger charge is -2.34. The highest BCUT2D eigenvalue weighted by molar-refractivity contribution is 5.91. The van der Waals surface area contributed by atoms with E-state index in [9.17, 15) is 9.59 Å². The Morgan fingerprint density at radius 3 is 2.50 bits per heavy atom. The fraction of sp³-hybridized carbons (Fsp3) is 0.500. The van der Waals surface area contributed by atoms with Crippen molar-refractivity contribution in [2.45, 2.75) is 33.0 Å². The van der Waals surface area contributed by atoms with E-state index in [2.05, 4.69) is 29.3 Å². The molecule has 1 atom stereocenters. The summed E-state index contributed by atoms with van der Waals surface area (Å²) in [5, 5.41) is 3.02. The minimum Gasteiger partial charge on any atom is -0.456 e. The average Bonchev–Trinajstić information content (AvgIpc) is 3.23. The van der Waals surface area contributed by atoms with Crippen LogP contribution >= 0.6 is 0 Å². The number of amides is 3. The quantitative estimate of drug-likeness (QED) is 0.773. The van der Waals surface area contributed by atoms with Crippen molar-refractivity contribution in [1.82, 2.24) is 20.0 Å². The normalized spacial score (nSPS) is 19.8. The highest BCUT2D eigenvalue weighted by Gasteiger charge is 2.26. The van der Waals surface area contributed by atoms with Gasteiger partial charge in [0.15, 0.2) is 5.76 Å². The van der Waals surface area contributed by atoms with Gasteiger partial charge in [0.25, 0.3) is 5.91 Å². The summed E-state index contributed by atoms with van der Waals surface area (Å²) in [7, 11) is 0. The fourth-order valence-electron chi connectivity index (χ4n) is 4.24. The van der Waals surface area contributed by atoms with Gasteiger partial charge in [-0.05, 0) is 37.1 Å². The second-order valence-corrected chi connectivity index (χ2v) is 8.58. The van der Waals surface area contributed by atoms with Gasteiger partial charge in [-0.3, -0.25) is 9.69 Å². The number of urea groups is 1. The Hall–Kier alpha value is -2.84. The smallest absolute Gasteiger partial charge is 0.317 e. The Kier molecular flexibility index (Phi) is 7.12. The fourth-order valence-corrected chi connectivity index (χ4v) is 4.24. The van der Waals surface area contributed by atoms with Crippen LogP contribution in [0.4, 0.5) is 4.79 Å². The number of carbonyl (C=O) groups excluding carboxylic acids is 2. The van der Waals surface area contributed by atoms with Gasteiger partial charge in [0.2, 0.25) is 0 Å². The zero-order valence-corrected chi connectivity index (χ0v) is 18.9. The largest absolute Gasteiger partial charge is 0.456 e. The minimum absolute atomic E-state index is 0.0988. The van der Waals surface area contributed by atoms with Gasteiger partial charge >= 0.3 is 6.03 Å². The van der Waals surface area contributed by atoms with Gasteiger partial charge in [-0.15, -0.1) is 0 Å². The van der Waals surface area contributed by atoms with Crippen molar-refractivity contribution in [3.63, 3.8) is 0 Å². The number of nitrogens with zero attached hydrogens (tertiary/aromatic N) is 3. The van der Waals surface area contributed by atoms with Crippen LogP contribution in [-0.4, -0.2) is 78.6 Å². The number of furan rings is 1. The number of nitrogens with one attached hydrogen (secondary N) is 1. The van der Waals surface area contributed by atoms with Crippen LogP contribution in [0.15, 0.2) is 40.8 Å². The molecule has 0 radical (unpaired) electrons. The molecule has 2 saturated heterocycles. The Balaban J connectivity index is 1.23. The molecule has 0 aliphatic carbocycles. The molecule has 2 aromatic rings. The molecule has 3 heterocycles. The van der Waals surface area contributed by atoms with Crippen LogP contribution < -0.4 is 5.32 Å². The first-order valence-electron chi connectivity index (χ1n) is 11.3. The molecule has 2 aliphatic rings. The average molecular weight is 441 g/mol. The van der Waals surface area contributed by atoms with Crippen LogP contribution in [0.25, 0.3) is 0 Å². The molecule has 172 valence electrons. The van der Waals surface area contributed by atoms with Crippen LogP contribution in [0.2, 0.25) is 0 Å². The van der Waals surface area contributed by atoms with Crippen molar-refractivity contribution in [2.75, 3.05) is 45.9 Å². The molecule has 8 heteroatoms. The molecular weight excluding hydrogens is 408 g/mol. The van der Waals surface area contributed by atoms with E-state index >= 15 is 0 Å². The van der Waals surface area contributed by atoms with E-state index in [-0.39, 0.29) is 18.0 Å². The summed E-state index contributed by atoms with van der Waals surface area (Å²) in [6, 6.07) is 11.7. The maximum atomic E-state index is 12.6. The van der Waals surface area contributed by atoms with Gasteiger partial charge in [0.05, 0.1) is 12.7 Å². The van der Waals surface area contributed by atoms with Crippen LogP contribution in [0.3, 0.4) is 0 Å². The summed E-state index contributed by atoms with van der Waals surface area (Å²) in [4.78, 5) is 31.0. The topological polar surface area (TPSA) is 78.3 Å². The van der Waals surface area contributed by atoms with Crippen LogP contribution in [0.1, 0.15) is 34.4 Å². The molecule has 0 saturated carbocycles. The molecule has 2 aliphatic heterocycles. The number of piperazine rings is 1. The third-order valence-corrected chi connectivity index (χ3v) is 5.97. The van der Waals surface area contributed by atoms with Crippen molar-refractivity contribution in [3.8, 4) is 0 Å². The second kappa shape index (κ2) is 10.2. The van der Waals surface area contributed by atoms with E-state index < -0.39 is 0 Å². The van der Waals surface area contributed by atoms with E-state index in [4.69, 9.17) is 9.15 Å². The number of hydrogen-bond donors (Lipinski definition) is 1. The van der Waals surface area contributed by atoms with Gasteiger partial charge in [-0.25, -0.2) is 4.79 Å². The van der Waals surface area contributed by atoms with Crippen LogP contribution in [0, 0.1) is 6.92 Å². The van der Waals surface area contributed by atoms with E-state index in [1.165, 1.54) is 5.56 Å². The number of benzene rings is 1. The lowest BCUT2D eigenvalue weighted by atomic mass is 10.1. The SMILES string of the molecule is Cc1ccc(C(=O)N2CCN(C(=O)NCc3cccc(CN4CCOC(C)C4)c3)CC2)o1. The monoisotopic (exact) mass is 440 g/mol. The molecule has 8 nitrogen and oxygen atoms in total. The first kappa shape index (κ1) is 22.4. The summed E-state index contributed by atoms with van der Waals surface area (Å²) in [5.41, 5.74) is 2.32. The van der Waals surface area contributed by atoms with Crippen LogP contribution in [0.5, 0.6) is 0 Å². The highest BCUT2D eigenvalue weighted by Crippen LogP contribution is 2.14. The number of aryl methyl sites for hydroxylation is 1. The minimum atomic E-state index is -0.121. The predicted octanol–water partition coefficient (Wildman–Crippen LogP) is 2.48. The molecule has 4 rings (SSSR count). The number of morpholine rings is 1. The van der Waals surface area contributed by atoms with Crippen molar-refractivity contribution >= 4 is 11.9 Å². The zero-order valence-electron chi connectivity index (χ0n) is 18.9. The third kappa shape index (κ3) is 5.69. The molecule has 1 aromatic carbocycles. The van der Waals surface area contributed by atoms with Gasteiger partial charge in [-0.1, -0.05) is 24.3 Å². The maximum absolute atomic E-state index is 12.6. The molecule has 1 unspecified atom stereocenters. The Bertz CT molecular complexity index is 936. The van der Waals surface area contributed by atoms with E-state index in [0.717, 1.165) is 37.6 Å². The zero-order chi connectivity index (χ0) is 22.5. The van der Waals surface area contributed by atoms with Crippen molar-refractivity contribution in [1.29, 1.82) is 0 Å². The number of hydrogen-bond acceptors (Lipinski definition) is 5. The molecule has 0 spiro atoms. The molecular formula is C24H32N4O4. The van der Waals surface area contributed by atoms with E-state index in [1.54, 1.807) is 21.9 Å². The first-order chi connectivity index (χ1) is 15.5. The molecule has 1 N–H and O–H groups in total. The third-order valence-electron chi connectivity index (χ3n) is 5.97. The molecule has 3 amide bonds. The Labute approximate surface area is 189 Å². The number of ether oxygens (including phenoxy) is 1. The maximum Gasteiger partial charge on any atom is 0.317 e. The Morgan fingerprint density at radius 2 is 1.78 bits per heavy atom. The van der Waals surface area contributed by atoms with E-state index in [1.807, 2.05) is 19.1 Å². The van der Waals surface area contributed by atoms with Gasteiger partial charge in [0.1, 0.15) is 5.76 Å². The second-order valence-electron chi connectivity index (χ2n) is 8.58. The molecule has 2 fully saturated rings. The summed E-state index contributed by atoms with van der Waals surface area (Å²) in [5.74, 6) is 0.950. The standard InChI is InChI=1S/C24H32N4O4/c1-18-6-7-22(32-18)23(29)27-8-10-28(11-9-27)24(30)25-15-20-4-3-5-21(14-20)17-26-12-13-31-19(2)16-26/h3-7,14,19H,8-13,15-17H2,1-2H3,(H,25,30). The lowest BCUT2D eigenvalue weighted by Crippen LogP contribution is -2.53. The predicted molar refractivity (Wildman–Crippen MR) is 120 cm³/mol. The van der Waals surface area contributed by atoms with Gasteiger partial charge in [0, 0.05) is 52.4 Å². The molecule has 32 heavy (non-hydrogen) atoms. The number of carbonyl (C=O) groups is 2. The molecule has 0 bridgehead atoms. The number of rotatable bonds is 5. The van der Waals surface area contributed by atoms with Gasteiger partial charge in [-0.2, -0.15) is 0 Å². The lowest BCUT2D eigenvalue weighted by molar-refractivity contribution is -0.0212. The van der Waals surface area contributed by atoms with Crippen molar-refractivity contribution in [2.24, 2.45) is 0 Å². The molecule has 1 aromatic heterocycles. The summed E-state index contributed by atoms with van der Waals surface area (Å²) in [6.45, 7) is 9.96. The highest BCUT2D eigenvalue weighted by atomic mass is 16.5.